The fraction of sp³-hybridized carbons (Fsp3) is 0.286. The Hall–Kier alpha value is -4.29. The van der Waals surface area contributed by atoms with E-state index in [1.807, 2.05) is 113 Å². The van der Waals surface area contributed by atoms with Gasteiger partial charge in [-0.1, -0.05) is 91.0 Å². The second-order valence-electron chi connectivity index (χ2n) is 11.0. The average molecular weight is 545 g/mol. The maximum atomic E-state index is 13.8. The van der Waals surface area contributed by atoms with Crippen LogP contribution >= 0.6 is 0 Å². The van der Waals surface area contributed by atoms with Crippen LogP contribution in [-0.2, 0) is 11.2 Å². The molecular weight excluding hydrogens is 508 g/mol. The molecule has 3 aromatic carbocycles. The predicted molar refractivity (Wildman–Crippen MR) is 162 cm³/mol. The summed E-state index contributed by atoms with van der Waals surface area (Å²) < 4.78 is 0. The Morgan fingerprint density at radius 2 is 1.15 bits per heavy atom. The number of hydrogen-bond donors (Lipinski definition) is 0. The molecule has 4 aromatic rings. The number of carbonyl (C=O) groups is 2. The molecule has 2 saturated heterocycles. The molecule has 0 unspecified atom stereocenters. The third-order valence-corrected chi connectivity index (χ3v) is 8.34. The van der Waals surface area contributed by atoms with E-state index in [0.717, 1.165) is 67.1 Å². The SMILES string of the molecule is O=C(Cc1ccccc1)N1CCC(N2CCN(C(=O)c3cc(-c4ccccc4)nc(-c4ccccc4)c3)CC2)CC1. The lowest BCUT2D eigenvalue weighted by Crippen LogP contribution is -2.54. The first-order chi connectivity index (χ1) is 20.1. The van der Waals surface area contributed by atoms with Crippen molar-refractivity contribution in [1.82, 2.24) is 19.7 Å². The first kappa shape index (κ1) is 26.9. The van der Waals surface area contributed by atoms with Gasteiger partial charge in [0.25, 0.3) is 5.91 Å². The van der Waals surface area contributed by atoms with Gasteiger partial charge in [-0.2, -0.15) is 0 Å². The van der Waals surface area contributed by atoms with Gasteiger partial charge in [0.15, 0.2) is 0 Å². The molecule has 2 fully saturated rings. The molecule has 41 heavy (non-hydrogen) atoms. The number of carbonyl (C=O) groups excluding carboxylic acids is 2. The Labute approximate surface area is 242 Å². The maximum absolute atomic E-state index is 13.8. The van der Waals surface area contributed by atoms with E-state index in [1.54, 1.807) is 0 Å². The van der Waals surface area contributed by atoms with Crippen molar-refractivity contribution in [2.45, 2.75) is 25.3 Å². The van der Waals surface area contributed by atoms with E-state index in [-0.39, 0.29) is 11.8 Å². The highest BCUT2D eigenvalue weighted by atomic mass is 16.2. The molecule has 2 aliphatic rings. The van der Waals surface area contributed by atoms with Gasteiger partial charge >= 0.3 is 0 Å². The van der Waals surface area contributed by atoms with Gasteiger partial charge in [0.05, 0.1) is 17.8 Å². The first-order valence-corrected chi connectivity index (χ1v) is 14.6. The lowest BCUT2D eigenvalue weighted by molar-refractivity contribution is -0.132. The Morgan fingerprint density at radius 3 is 1.68 bits per heavy atom. The van der Waals surface area contributed by atoms with Crippen molar-refractivity contribution in [3.8, 4) is 22.5 Å². The fourth-order valence-electron chi connectivity index (χ4n) is 6.00. The van der Waals surface area contributed by atoms with E-state index < -0.39 is 0 Å². The number of rotatable bonds is 6. The van der Waals surface area contributed by atoms with Crippen LogP contribution in [0.4, 0.5) is 0 Å². The van der Waals surface area contributed by atoms with Gasteiger partial charge in [-0.05, 0) is 30.5 Å². The van der Waals surface area contributed by atoms with Gasteiger partial charge in [0.2, 0.25) is 5.91 Å². The Bertz CT molecular complexity index is 1400. The highest BCUT2D eigenvalue weighted by Gasteiger charge is 2.30. The number of pyridine rings is 1. The third-order valence-electron chi connectivity index (χ3n) is 8.34. The first-order valence-electron chi connectivity index (χ1n) is 14.6. The van der Waals surface area contributed by atoms with Crippen LogP contribution in [0.3, 0.4) is 0 Å². The van der Waals surface area contributed by atoms with Crippen LogP contribution in [0.25, 0.3) is 22.5 Å². The summed E-state index contributed by atoms with van der Waals surface area (Å²) in [4.78, 5) is 38.0. The molecule has 6 rings (SSSR count). The zero-order valence-electron chi connectivity index (χ0n) is 23.4. The van der Waals surface area contributed by atoms with E-state index in [0.29, 0.717) is 31.1 Å². The van der Waals surface area contributed by atoms with Crippen molar-refractivity contribution < 1.29 is 9.59 Å². The topological polar surface area (TPSA) is 56.8 Å². The maximum Gasteiger partial charge on any atom is 0.254 e. The molecule has 0 bridgehead atoms. The monoisotopic (exact) mass is 544 g/mol. The van der Waals surface area contributed by atoms with Crippen LogP contribution in [0.2, 0.25) is 0 Å². The van der Waals surface area contributed by atoms with E-state index in [4.69, 9.17) is 4.98 Å². The number of nitrogens with zero attached hydrogens (tertiary/aromatic N) is 4. The van der Waals surface area contributed by atoms with E-state index in [1.165, 1.54) is 0 Å². The van der Waals surface area contributed by atoms with Crippen LogP contribution < -0.4 is 0 Å². The van der Waals surface area contributed by atoms with Crippen molar-refractivity contribution in [2.24, 2.45) is 0 Å². The average Bonchev–Trinajstić information content (AvgIpc) is 3.05. The summed E-state index contributed by atoms with van der Waals surface area (Å²) in [6, 6.07) is 34.4. The molecular formula is C35H36N4O2. The van der Waals surface area contributed by atoms with Crippen molar-refractivity contribution >= 4 is 11.8 Å². The Balaban J connectivity index is 1.08. The van der Waals surface area contributed by atoms with E-state index >= 15 is 0 Å². The molecule has 0 N–H and O–H groups in total. The summed E-state index contributed by atoms with van der Waals surface area (Å²) in [6.07, 6.45) is 2.44. The Morgan fingerprint density at radius 1 is 0.634 bits per heavy atom. The van der Waals surface area contributed by atoms with Crippen molar-refractivity contribution in [3.63, 3.8) is 0 Å². The predicted octanol–water partition coefficient (Wildman–Crippen LogP) is 5.41. The van der Waals surface area contributed by atoms with Crippen LogP contribution in [0.5, 0.6) is 0 Å². The van der Waals surface area contributed by atoms with Crippen LogP contribution in [0.1, 0.15) is 28.8 Å². The molecule has 0 spiro atoms. The molecule has 2 aliphatic heterocycles. The number of benzene rings is 3. The quantitative estimate of drug-likeness (QED) is 0.326. The number of piperazine rings is 1. The van der Waals surface area contributed by atoms with E-state index in [9.17, 15) is 9.59 Å². The molecule has 208 valence electrons. The number of amides is 2. The number of likely N-dealkylation sites (tertiary alicyclic amines) is 1. The summed E-state index contributed by atoms with van der Waals surface area (Å²) in [5.41, 5.74) is 5.36. The summed E-state index contributed by atoms with van der Waals surface area (Å²) in [7, 11) is 0. The van der Waals surface area contributed by atoms with Gasteiger partial charge < -0.3 is 9.80 Å². The molecule has 6 heteroatoms. The lowest BCUT2D eigenvalue weighted by atomic mass is 10.0. The zero-order valence-corrected chi connectivity index (χ0v) is 23.4. The van der Waals surface area contributed by atoms with Gasteiger partial charge in [-0.3, -0.25) is 14.5 Å². The normalized spacial score (nSPS) is 16.5. The Kier molecular flexibility index (Phi) is 8.19. The van der Waals surface area contributed by atoms with Gasteiger partial charge in [-0.25, -0.2) is 4.98 Å². The molecule has 0 aliphatic carbocycles. The van der Waals surface area contributed by atoms with Gasteiger partial charge in [0, 0.05) is 62.0 Å². The largest absolute Gasteiger partial charge is 0.342 e. The number of piperidine rings is 1. The minimum absolute atomic E-state index is 0.0581. The van der Waals surface area contributed by atoms with Crippen LogP contribution in [0, 0.1) is 0 Å². The standard InChI is InChI=1S/C35H36N4O2/c40-34(24-27-10-4-1-5-11-27)38-18-16-31(17-19-38)37-20-22-39(23-21-37)35(41)30-25-32(28-12-6-2-7-13-28)36-33(26-30)29-14-8-3-9-15-29/h1-15,25-26,31H,16-24H2. The highest BCUT2D eigenvalue weighted by molar-refractivity contribution is 5.96. The molecule has 3 heterocycles. The third kappa shape index (κ3) is 6.39. The van der Waals surface area contributed by atoms with Crippen molar-refractivity contribution in [3.05, 3.63) is 114 Å². The van der Waals surface area contributed by atoms with Crippen molar-refractivity contribution in [1.29, 1.82) is 0 Å². The number of hydrogen-bond acceptors (Lipinski definition) is 4. The minimum Gasteiger partial charge on any atom is -0.342 e. The zero-order chi connectivity index (χ0) is 28.0. The summed E-state index contributed by atoms with van der Waals surface area (Å²) >= 11 is 0. The lowest BCUT2D eigenvalue weighted by Gasteiger charge is -2.42. The molecule has 0 saturated carbocycles. The smallest absolute Gasteiger partial charge is 0.254 e. The molecule has 0 radical (unpaired) electrons. The molecule has 2 amide bonds. The summed E-state index contributed by atoms with van der Waals surface area (Å²) in [5.74, 6) is 0.273. The van der Waals surface area contributed by atoms with E-state index in [2.05, 4.69) is 4.90 Å². The fourth-order valence-corrected chi connectivity index (χ4v) is 6.00. The molecule has 6 nitrogen and oxygen atoms in total. The number of aromatic nitrogens is 1. The van der Waals surface area contributed by atoms with Crippen molar-refractivity contribution in [2.75, 3.05) is 39.3 Å². The van der Waals surface area contributed by atoms with Gasteiger partial charge in [-0.15, -0.1) is 0 Å². The molecule has 1 aromatic heterocycles. The van der Waals surface area contributed by atoms with Crippen LogP contribution in [0.15, 0.2) is 103 Å². The van der Waals surface area contributed by atoms with Crippen LogP contribution in [-0.4, -0.2) is 76.8 Å². The second kappa shape index (κ2) is 12.5. The summed E-state index contributed by atoms with van der Waals surface area (Å²) in [5, 5.41) is 0. The minimum atomic E-state index is 0.0581. The van der Waals surface area contributed by atoms with Gasteiger partial charge in [0.1, 0.15) is 0 Å². The molecule has 0 atom stereocenters. The highest BCUT2D eigenvalue weighted by Crippen LogP contribution is 2.26. The second-order valence-corrected chi connectivity index (χ2v) is 11.0. The summed E-state index contributed by atoms with van der Waals surface area (Å²) in [6.45, 7) is 4.73.